The number of benzene rings is 2. The largest absolute Gasteiger partial charge is 0.381 e. The number of fused-ring (bicyclic) bond motifs is 3. The average Bonchev–Trinajstić information content (AvgIpc) is 3.26. The van der Waals surface area contributed by atoms with Crippen molar-refractivity contribution in [3.63, 3.8) is 0 Å². The van der Waals surface area contributed by atoms with Crippen molar-refractivity contribution in [2.24, 2.45) is 11.8 Å². The lowest BCUT2D eigenvalue weighted by molar-refractivity contribution is 0.0730. The van der Waals surface area contributed by atoms with E-state index in [1.54, 1.807) is 6.07 Å². The number of sulfonamides is 1. The van der Waals surface area contributed by atoms with Crippen LogP contribution < -0.4 is 10.0 Å². The summed E-state index contributed by atoms with van der Waals surface area (Å²) in [4.78, 5) is 0.289. The molecule has 0 amide bonds. The number of anilines is 2. The Kier molecular flexibility index (Phi) is 5.47. The minimum Gasteiger partial charge on any atom is -0.381 e. The summed E-state index contributed by atoms with van der Waals surface area (Å²) in [6.07, 6.45) is 7.56. The molecule has 0 unspecified atom stereocenters. The van der Waals surface area contributed by atoms with Crippen molar-refractivity contribution in [2.75, 3.05) is 16.6 Å². The van der Waals surface area contributed by atoms with Crippen molar-refractivity contribution in [1.29, 1.82) is 0 Å². The molecule has 31 heavy (non-hydrogen) atoms. The molecule has 5 rings (SSSR count). The van der Waals surface area contributed by atoms with Gasteiger partial charge in [0.25, 0.3) is 10.0 Å². The third-order valence-electron chi connectivity index (χ3n) is 7.48. The van der Waals surface area contributed by atoms with E-state index >= 15 is 0 Å². The van der Waals surface area contributed by atoms with Gasteiger partial charge in [-0.05, 0) is 80.5 Å². The molecular weight excluding hydrogens is 408 g/mol. The number of hydrogen-bond acceptors (Lipinski definition) is 4. The molecular formula is C25H32N2O3S. The van der Waals surface area contributed by atoms with Gasteiger partial charge in [-0.15, -0.1) is 0 Å². The van der Waals surface area contributed by atoms with E-state index in [0.717, 1.165) is 35.4 Å². The van der Waals surface area contributed by atoms with Crippen molar-refractivity contribution in [2.45, 2.75) is 69.4 Å². The van der Waals surface area contributed by atoms with Crippen molar-refractivity contribution < 1.29 is 13.2 Å². The fourth-order valence-corrected chi connectivity index (χ4v) is 6.72. The van der Waals surface area contributed by atoms with E-state index in [0.29, 0.717) is 23.6 Å². The van der Waals surface area contributed by atoms with Crippen LogP contribution in [0.15, 0.2) is 41.3 Å². The first-order valence-corrected chi connectivity index (χ1v) is 13.0. The second kappa shape index (κ2) is 8.14. The van der Waals surface area contributed by atoms with Gasteiger partial charge in [-0.1, -0.05) is 25.3 Å². The zero-order valence-corrected chi connectivity index (χ0v) is 19.2. The Morgan fingerprint density at radius 1 is 0.968 bits per heavy atom. The van der Waals surface area contributed by atoms with Crippen LogP contribution >= 0.6 is 0 Å². The van der Waals surface area contributed by atoms with Gasteiger partial charge >= 0.3 is 0 Å². The lowest BCUT2D eigenvalue weighted by Crippen LogP contribution is -2.42. The summed E-state index contributed by atoms with van der Waals surface area (Å²) in [6, 6.07) is 11.5. The van der Waals surface area contributed by atoms with E-state index < -0.39 is 10.0 Å². The van der Waals surface area contributed by atoms with Crippen LogP contribution in [0.4, 0.5) is 11.4 Å². The van der Waals surface area contributed by atoms with Gasteiger partial charge in [0.05, 0.1) is 11.0 Å². The highest BCUT2D eigenvalue weighted by atomic mass is 32.2. The van der Waals surface area contributed by atoms with Crippen molar-refractivity contribution in [3.05, 3.63) is 53.1 Å². The first kappa shape index (κ1) is 20.8. The molecule has 1 aliphatic carbocycles. The Morgan fingerprint density at radius 2 is 1.77 bits per heavy atom. The summed E-state index contributed by atoms with van der Waals surface area (Å²) < 4.78 is 35.1. The highest BCUT2D eigenvalue weighted by molar-refractivity contribution is 7.92. The molecule has 2 aromatic carbocycles. The molecule has 0 radical (unpaired) electrons. The molecule has 2 fully saturated rings. The summed E-state index contributed by atoms with van der Waals surface area (Å²) in [5, 5.41) is 3.78. The molecule has 2 N–H and O–H groups in total. The minimum atomic E-state index is -3.67. The summed E-state index contributed by atoms with van der Waals surface area (Å²) in [5.74, 6) is 1.10. The highest BCUT2D eigenvalue weighted by Gasteiger charge is 2.44. The van der Waals surface area contributed by atoms with Crippen LogP contribution in [0, 0.1) is 25.7 Å². The van der Waals surface area contributed by atoms with Crippen LogP contribution in [0.5, 0.6) is 0 Å². The Balaban J connectivity index is 1.43. The number of hydrogen-bond donors (Lipinski definition) is 2. The van der Waals surface area contributed by atoms with Crippen molar-refractivity contribution in [3.8, 4) is 0 Å². The topological polar surface area (TPSA) is 67.4 Å². The molecule has 0 spiro atoms. The molecule has 6 heteroatoms. The number of nitrogens with one attached hydrogen (secondary N) is 2. The molecule has 166 valence electrons. The first-order chi connectivity index (χ1) is 14.9. The fourth-order valence-electron chi connectivity index (χ4n) is 5.64. The van der Waals surface area contributed by atoms with E-state index in [2.05, 4.69) is 10.0 Å². The quantitative estimate of drug-likeness (QED) is 0.653. The van der Waals surface area contributed by atoms with Crippen molar-refractivity contribution in [1.82, 2.24) is 0 Å². The molecule has 5 nitrogen and oxygen atoms in total. The molecule has 1 saturated heterocycles. The van der Waals surface area contributed by atoms with E-state index in [4.69, 9.17) is 4.74 Å². The van der Waals surface area contributed by atoms with Crippen LogP contribution in [0.1, 0.15) is 61.3 Å². The van der Waals surface area contributed by atoms with Crippen LogP contribution in [-0.4, -0.2) is 21.1 Å². The molecule has 3 aliphatic rings. The van der Waals surface area contributed by atoms with Gasteiger partial charge in [0.2, 0.25) is 0 Å². The molecule has 2 aromatic rings. The Bertz CT molecular complexity index is 1080. The van der Waals surface area contributed by atoms with Crippen molar-refractivity contribution >= 4 is 21.4 Å². The van der Waals surface area contributed by atoms with Gasteiger partial charge in [-0.3, -0.25) is 4.72 Å². The summed E-state index contributed by atoms with van der Waals surface area (Å²) in [7, 11) is -3.67. The third-order valence-corrected chi connectivity index (χ3v) is 8.86. The standard InChI is InChI=1S/C25H32N2O3S/c1-16-8-9-19(14-17(16)2)27-31(28,29)20-10-11-23-22(15-20)25-21(12-13-30-25)24(26-23)18-6-4-3-5-7-18/h8-11,14-15,18,21,24-27H,3-7,12-13H2,1-2H3/t21-,24-,25-/m0/s1. The van der Waals surface area contributed by atoms with Crippen LogP contribution in [0.25, 0.3) is 0 Å². The lowest BCUT2D eigenvalue weighted by Gasteiger charge is -2.42. The molecule has 0 aromatic heterocycles. The predicted octanol–water partition coefficient (Wildman–Crippen LogP) is 5.56. The second-order valence-corrected chi connectivity index (χ2v) is 11.1. The van der Waals surface area contributed by atoms with E-state index in [1.807, 2.05) is 44.2 Å². The zero-order chi connectivity index (χ0) is 21.6. The summed E-state index contributed by atoms with van der Waals surface area (Å²) >= 11 is 0. The highest BCUT2D eigenvalue weighted by Crippen LogP contribution is 2.48. The SMILES string of the molecule is Cc1ccc(NS(=O)(=O)c2ccc3c(c2)[C@H]2OCC[C@H]2[C@H](C2CCCCC2)N3)cc1C. The Labute approximate surface area is 185 Å². The van der Waals surface area contributed by atoms with E-state index in [1.165, 1.54) is 32.1 Å². The monoisotopic (exact) mass is 440 g/mol. The minimum absolute atomic E-state index is 0.0139. The van der Waals surface area contributed by atoms with Gasteiger partial charge in [0.1, 0.15) is 0 Å². The smallest absolute Gasteiger partial charge is 0.261 e. The van der Waals surface area contributed by atoms with Gasteiger partial charge in [0.15, 0.2) is 0 Å². The first-order valence-electron chi connectivity index (χ1n) is 11.5. The Morgan fingerprint density at radius 3 is 2.55 bits per heavy atom. The molecule has 2 aliphatic heterocycles. The van der Waals surface area contributed by atoms with Gasteiger partial charge in [-0.2, -0.15) is 0 Å². The van der Waals surface area contributed by atoms with Gasteiger partial charge < -0.3 is 10.1 Å². The Hall–Kier alpha value is -2.05. The number of aryl methyl sites for hydroxylation is 2. The lowest BCUT2D eigenvalue weighted by atomic mass is 9.73. The summed E-state index contributed by atoms with van der Waals surface area (Å²) in [6.45, 7) is 4.75. The van der Waals surface area contributed by atoms with Crippen LogP contribution in [-0.2, 0) is 14.8 Å². The van der Waals surface area contributed by atoms with E-state index in [-0.39, 0.29) is 11.0 Å². The average molecular weight is 441 g/mol. The van der Waals surface area contributed by atoms with Crippen LogP contribution in [0.2, 0.25) is 0 Å². The van der Waals surface area contributed by atoms with Gasteiger partial charge in [0, 0.05) is 35.5 Å². The molecule has 3 atom stereocenters. The summed E-state index contributed by atoms with van der Waals surface area (Å²) in [5.41, 5.74) is 4.80. The van der Waals surface area contributed by atoms with Gasteiger partial charge in [-0.25, -0.2) is 8.42 Å². The maximum atomic E-state index is 13.1. The maximum Gasteiger partial charge on any atom is 0.261 e. The fraction of sp³-hybridized carbons (Fsp3) is 0.520. The maximum absolute atomic E-state index is 13.1. The molecule has 2 heterocycles. The number of ether oxygens (including phenoxy) is 1. The second-order valence-electron chi connectivity index (χ2n) is 9.47. The van der Waals surface area contributed by atoms with Crippen LogP contribution in [0.3, 0.4) is 0 Å². The molecule has 0 bridgehead atoms. The third kappa shape index (κ3) is 3.96. The number of rotatable bonds is 4. The predicted molar refractivity (Wildman–Crippen MR) is 124 cm³/mol. The molecule has 1 saturated carbocycles. The normalized spacial score (nSPS) is 26.1. The zero-order valence-electron chi connectivity index (χ0n) is 18.4. The van der Waals surface area contributed by atoms with E-state index in [9.17, 15) is 8.42 Å².